The molecule has 0 radical (unpaired) electrons. The van der Waals surface area contributed by atoms with Crippen LogP contribution in [-0.2, 0) is 9.63 Å². The van der Waals surface area contributed by atoms with Crippen molar-refractivity contribution in [2.45, 2.75) is 12.8 Å². The average molecular weight is 310 g/mol. The molecule has 0 bridgehead atoms. The van der Waals surface area contributed by atoms with Crippen LogP contribution in [-0.4, -0.2) is 36.4 Å². The lowest BCUT2D eigenvalue weighted by atomic mass is 10.2. The van der Waals surface area contributed by atoms with Gasteiger partial charge >= 0.3 is 0 Å². The van der Waals surface area contributed by atoms with E-state index in [0.29, 0.717) is 30.7 Å². The summed E-state index contributed by atoms with van der Waals surface area (Å²) in [7, 11) is 1.44. The van der Waals surface area contributed by atoms with Crippen LogP contribution in [0.2, 0.25) is 0 Å². The van der Waals surface area contributed by atoms with Gasteiger partial charge in [0.25, 0.3) is 5.09 Å². The summed E-state index contributed by atoms with van der Waals surface area (Å²) >= 11 is 0. The van der Waals surface area contributed by atoms with E-state index in [2.05, 4.69) is 10.2 Å². The molecule has 0 fully saturated rings. The highest BCUT2D eigenvalue weighted by Crippen LogP contribution is 2.26. The standard InChI is InChI=1S/C14H18N2O6/c1-21-13-10-11(4-6-12(13)17)5-7-14(18)15-8-2-3-9-22-16(19)20/h4-7,10,17H,2-3,8-9H2,1H3,(H,15,18)/b7-5+. The second kappa shape index (κ2) is 9.22. The lowest BCUT2D eigenvalue weighted by Gasteiger charge is -2.04. The molecule has 8 nitrogen and oxygen atoms in total. The number of hydrogen-bond acceptors (Lipinski definition) is 6. The Bertz CT molecular complexity index is 544. The molecule has 0 aliphatic carbocycles. The largest absolute Gasteiger partial charge is 0.504 e. The van der Waals surface area contributed by atoms with Gasteiger partial charge in [-0.3, -0.25) is 4.79 Å². The summed E-state index contributed by atoms with van der Waals surface area (Å²) in [6.45, 7) is 0.426. The van der Waals surface area contributed by atoms with E-state index >= 15 is 0 Å². The first-order valence-corrected chi connectivity index (χ1v) is 6.63. The summed E-state index contributed by atoms with van der Waals surface area (Å²) in [6.07, 6.45) is 4.02. The average Bonchev–Trinajstić information content (AvgIpc) is 2.49. The van der Waals surface area contributed by atoms with Crippen LogP contribution in [0.4, 0.5) is 0 Å². The fraction of sp³-hybridized carbons (Fsp3) is 0.357. The normalized spacial score (nSPS) is 10.4. The molecule has 0 saturated heterocycles. The Labute approximate surface area is 127 Å². The molecule has 8 heteroatoms. The van der Waals surface area contributed by atoms with E-state index < -0.39 is 5.09 Å². The Morgan fingerprint density at radius 2 is 2.23 bits per heavy atom. The van der Waals surface area contributed by atoms with Crippen LogP contribution in [0.1, 0.15) is 18.4 Å². The molecule has 1 aromatic rings. The first kappa shape index (κ1) is 17.3. The molecule has 0 unspecified atom stereocenters. The van der Waals surface area contributed by atoms with E-state index in [9.17, 15) is 20.0 Å². The van der Waals surface area contributed by atoms with Crippen LogP contribution in [0.25, 0.3) is 6.08 Å². The summed E-state index contributed by atoms with van der Waals surface area (Å²) in [6, 6.07) is 4.73. The fourth-order valence-electron chi connectivity index (χ4n) is 1.61. The third kappa shape index (κ3) is 6.60. The molecule has 2 N–H and O–H groups in total. The van der Waals surface area contributed by atoms with Gasteiger partial charge in [0.05, 0.1) is 13.7 Å². The number of nitrogens with zero attached hydrogens (tertiary/aromatic N) is 1. The van der Waals surface area contributed by atoms with Crippen LogP contribution < -0.4 is 10.1 Å². The minimum atomic E-state index is -0.840. The van der Waals surface area contributed by atoms with E-state index in [0.717, 1.165) is 0 Å². The van der Waals surface area contributed by atoms with Crippen molar-refractivity contribution in [1.82, 2.24) is 5.32 Å². The van der Waals surface area contributed by atoms with Crippen LogP contribution in [0, 0.1) is 10.1 Å². The fourth-order valence-corrected chi connectivity index (χ4v) is 1.61. The lowest BCUT2D eigenvalue weighted by Crippen LogP contribution is -2.22. The third-order valence-electron chi connectivity index (χ3n) is 2.70. The number of benzene rings is 1. The molecule has 22 heavy (non-hydrogen) atoms. The number of rotatable bonds is 9. The number of phenolic OH excluding ortho intramolecular Hbond substituents is 1. The molecule has 0 heterocycles. The highest BCUT2D eigenvalue weighted by Gasteiger charge is 2.01. The molecule has 0 aromatic heterocycles. The summed E-state index contributed by atoms with van der Waals surface area (Å²) in [5.74, 6) is 0.0802. The van der Waals surface area contributed by atoms with Gasteiger partial charge in [-0.15, -0.1) is 10.1 Å². The number of ether oxygens (including phenoxy) is 1. The van der Waals surface area contributed by atoms with E-state index in [-0.39, 0.29) is 18.3 Å². The number of nitrogens with one attached hydrogen (secondary N) is 1. The molecule has 0 spiro atoms. The third-order valence-corrected chi connectivity index (χ3v) is 2.70. The predicted octanol–water partition coefficient (Wildman–Crippen LogP) is 1.52. The van der Waals surface area contributed by atoms with Gasteiger partial charge in [-0.2, -0.15) is 0 Å². The molecular weight excluding hydrogens is 292 g/mol. The highest BCUT2D eigenvalue weighted by molar-refractivity contribution is 5.91. The zero-order valence-corrected chi connectivity index (χ0v) is 12.2. The predicted molar refractivity (Wildman–Crippen MR) is 78.9 cm³/mol. The minimum Gasteiger partial charge on any atom is -0.504 e. The highest BCUT2D eigenvalue weighted by atomic mass is 16.9. The number of amides is 1. The van der Waals surface area contributed by atoms with Crippen molar-refractivity contribution in [2.75, 3.05) is 20.3 Å². The first-order valence-electron chi connectivity index (χ1n) is 6.63. The second-order valence-electron chi connectivity index (χ2n) is 4.32. The number of hydrogen-bond donors (Lipinski definition) is 2. The van der Waals surface area contributed by atoms with E-state index in [1.165, 1.54) is 19.3 Å². The van der Waals surface area contributed by atoms with Gasteiger partial charge in [-0.25, -0.2) is 0 Å². The van der Waals surface area contributed by atoms with Crippen molar-refractivity contribution in [3.05, 3.63) is 40.0 Å². The Hall–Kier alpha value is -2.77. The Morgan fingerprint density at radius 3 is 2.91 bits per heavy atom. The number of aromatic hydroxyl groups is 1. The number of carbonyl (C=O) groups excluding carboxylic acids is 1. The van der Waals surface area contributed by atoms with Crippen LogP contribution >= 0.6 is 0 Å². The van der Waals surface area contributed by atoms with Gasteiger partial charge in [0.1, 0.15) is 0 Å². The molecule has 0 atom stereocenters. The maximum atomic E-state index is 11.6. The van der Waals surface area contributed by atoms with Gasteiger partial charge < -0.3 is 20.0 Å². The van der Waals surface area contributed by atoms with E-state index in [1.54, 1.807) is 18.2 Å². The molecule has 0 saturated carbocycles. The van der Waals surface area contributed by atoms with Gasteiger partial charge in [0.15, 0.2) is 11.5 Å². The van der Waals surface area contributed by atoms with E-state index in [4.69, 9.17) is 4.74 Å². The van der Waals surface area contributed by atoms with Crippen molar-refractivity contribution >= 4 is 12.0 Å². The molecule has 1 amide bonds. The summed E-state index contributed by atoms with van der Waals surface area (Å²) in [4.78, 5) is 25.6. The number of methoxy groups -OCH3 is 1. The van der Waals surface area contributed by atoms with Gasteiger partial charge in [-0.1, -0.05) is 6.07 Å². The Morgan fingerprint density at radius 1 is 1.45 bits per heavy atom. The monoisotopic (exact) mass is 310 g/mol. The maximum absolute atomic E-state index is 11.6. The zero-order valence-electron chi connectivity index (χ0n) is 12.2. The Kier molecular flexibility index (Phi) is 7.24. The first-order chi connectivity index (χ1) is 10.5. The smallest absolute Gasteiger partial charge is 0.294 e. The summed E-state index contributed by atoms with van der Waals surface area (Å²) in [5, 5.41) is 21.2. The van der Waals surface area contributed by atoms with Crippen molar-refractivity contribution in [3.63, 3.8) is 0 Å². The Balaban J connectivity index is 2.31. The zero-order chi connectivity index (χ0) is 16.4. The molecular formula is C14H18N2O6. The lowest BCUT2D eigenvalue weighted by molar-refractivity contribution is -0.757. The van der Waals surface area contributed by atoms with Crippen molar-refractivity contribution in [1.29, 1.82) is 0 Å². The maximum Gasteiger partial charge on any atom is 0.294 e. The van der Waals surface area contributed by atoms with Crippen molar-refractivity contribution in [2.24, 2.45) is 0 Å². The number of unbranched alkanes of at least 4 members (excludes halogenated alkanes) is 1. The molecule has 0 aliphatic heterocycles. The van der Waals surface area contributed by atoms with Crippen LogP contribution in [0.15, 0.2) is 24.3 Å². The molecule has 0 aliphatic rings. The van der Waals surface area contributed by atoms with Crippen molar-refractivity contribution in [3.8, 4) is 11.5 Å². The van der Waals surface area contributed by atoms with Gasteiger partial charge in [0, 0.05) is 12.6 Å². The van der Waals surface area contributed by atoms with Crippen LogP contribution in [0.5, 0.6) is 11.5 Å². The second-order valence-corrected chi connectivity index (χ2v) is 4.32. The van der Waals surface area contributed by atoms with Crippen molar-refractivity contribution < 1.29 is 24.6 Å². The summed E-state index contributed by atoms with van der Waals surface area (Å²) < 4.78 is 4.97. The van der Waals surface area contributed by atoms with E-state index in [1.807, 2.05) is 0 Å². The quantitative estimate of drug-likeness (QED) is 0.309. The van der Waals surface area contributed by atoms with Gasteiger partial charge in [-0.05, 0) is 36.6 Å². The minimum absolute atomic E-state index is 0.0199. The molecule has 1 rings (SSSR count). The van der Waals surface area contributed by atoms with Gasteiger partial charge in [0.2, 0.25) is 5.91 Å². The molecule has 1 aromatic carbocycles. The summed E-state index contributed by atoms with van der Waals surface area (Å²) in [5.41, 5.74) is 0.712. The van der Waals surface area contributed by atoms with Crippen LogP contribution in [0.3, 0.4) is 0 Å². The molecule has 120 valence electrons. The topological polar surface area (TPSA) is 111 Å². The number of carbonyl (C=O) groups is 1. The number of phenols is 1. The SMILES string of the molecule is COc1cc(/C=C/C(=O)NCCCCO[N+](=O)[O-])ccc1O.